The number of amides is 1. The van der Waals surface area contributed by atoms with Crippen molar-refractivity contribution in [2.24, 2.45) is 0 Å². The van der Waals surface area contributed by atoms with Crippen molar-refractivity contribution in [1.29, 1.82) is 0 Å². The van der Waals surface area contributed by atoms with Crippen molar-refractivity contribution >= 4 is 17.6 Å². The minimum atomic E-state index is -0.929. The summed E-state index contributed by atoms with van der Waals surface area (Å²) in [6.07, 6.45) is 3.34. The molecule has 2 aromatic carbocycles. The highest BCUT2D eigenvalue weighted by atomic mass is 16.4. The maximum absolute atomic E-state index is 12.7. The molecule has 1 atom stereocenters. The molecule has 1 amide bonds. The van der Waals surface area contributed by atoms with Crippen molar-refractivity contribution in [1.82, 2.24) is 4.90 Å². The Kier molecular flexibility index (Phi) is 5.56. The summed E-state index contributed by atoms with van der Waals surface area (Å²) in [5.41, 5.74) is 2.78. The molecule has 0 saturated carbocycles. The summed E-state index contributed by atoms with van der Waals surface area (Å²) < 4.78 is 0. The minimum absolute atomic E-state index is 0.0953. The lowest BCUT2D eigenvalue weighted by Crippen LogP contribution is -2.41. The maximum Gasteiger partial charge on any atom is 0.335 e. The summed E-state index contributed by atoms with van der Waals surface area (Å²) in [6, 6.07) is 14.6. The van der Waals surface area contributed by atoms with Gasteiger partial charge in [0.15, 0.2) is 0 Å². The monoisotopic (exact) mass is 352 g/mol. The fraction of sp³-hybridized carbons (Fsp3) is 0.333. The van der Waals surface area contributed by atoms with E-state index in [0.717, 1.165) is 30.6 Å². The van der Waals surface area contributed by atoms with E-state index in [0.29, 0.717) is 18.2 Å². The van der Waals surface area contributed by atoms with E-state index in [1.807, 2.05) is 35.2 Å². The predicted octanol–water partition coefficient (Wildman–Crippen LogP) is 4.01. The van der Waals surface area contributed by atoms with E-state index in [9.17, 15) is 9.59 Å². The topological polar surface area (TPSA) is 69.6 Å². The summed E-state index contributed by atoms with van der Waals surface area (Å²) >= 11 is 0. The van der Waals surface area contributed by atoms with Gasteiger partial charge in [0.25, 0.3) is 5.91 Å². The molecule has 1 fully saturated rings. The molecule has 0 radical (unpaired) electrons. The zero-order valence-corrected chi connectivity index (χ0v) is 14.9. The first kappa shape index (κ1) is 18.0. The van der Waals surface area contributed by atoms with Crippen LogP contribution in [0, 0.1) is 0 Å². The number of carboxylic acid groups (broad SMARTS) is 1. The van der Waals surface area contributed by atoms with Crippen LogP contribution in [-0.2, 0) is 6.54 Å². The van der Waals surface area contributed by atoms with E-state index in [1.165, 1.54) is 6.42 Å². The van der Waals surface area contributed by atoms with Crippen LogP contribution in [0.15, 0.2) is 48.5 Å². The van der Waals surface area contributed by atoms with Gasteiger partial charge in [-0.25, -0.2) is 4.79 Å². The fourth-order valence-corrected chi connectivity index (χ4v) is 3.31. The molecule has 2 aromatic rings. The second-order valence-corrected chi connectivity index (χ2v) is 6.78. The molecular weight excluding hydrogens is 328 g/mol. The van der Waals surface area contributed by atoms with Crippen LogP contribution in [0.1, 0.15) is 52.5 Å². The van der Waals surface area contributed by atoms with Gasteiger partial charge in [-0.3, -0.25) is 4.79 Å². The Hall–Kier alpha value is -2.82. The van der Waals surface area contributed by atoms with Gasteiger partial charge >= 0.3 is 5.97 Å². The number of likely N-dealkylation sites (tertiary alicyclic amines) is 1. The van der Waals surface area contributed by atoms with E-state index >= 15 is 0 Å². The molecule has 0 aliphatic carbocycles. The number of carbonyl (C=O) groups is 2. The number of anilines is 1. The SMILES string of the molecule is CC1CCCCN1C(=O)c1ccc(NCc2cccc(C(=O)O)c2)cc1. The first-order valence-electron chi connectivity index (χ1n) is 9.02. The highest BCUT2D eigenvalue weighted by Gasteiger charge is 2.23. The number of carboxylic acids is 1. The molecule has 5 heteroatoms. The molecule has 0 spiro atoms. The highest BCUT2D eigenvalue weighted by Crippen LogP contribution is 2.20. The first-order chi connectivity index (χ1) is 12.5. The number of hydrogen-bond donors (Lipinski definition) is 2. The second-order valence-electron chi connectivity index (χ2n) is 6.78. The van der Waals surface area contributed by atoms with Crippen LogP contribution in [0.3, 0.4) is 0 Å². The largest absolute Gasteiger partial charge is 0.478 e. The molecule has 0 aromatic heterocycles. The van der Waals surface area contributed by atoms with E-state index < -0.39 is 5.97 Å². The highest BCUT2D eigenvalue weighted by molar-refractivity contribution is 5.94. The number of nitrogens with zero attached hydrogens (tertiary/aromatic N) is 1. The van der Waals surface area contributed by atoms with E-state index in [4.69, 9.17) is 5.11 Å². The molecule has 26 heavy (non-hydrogen) atoms. The predicted molar refractivity (Wildman–Crippen MR) is 102 cm³/mol. The summed E-state index contributed by atoms with van der Waals surface area (Å²) in [5, 5.41) is 12.3. The summed E-state index contributed by atoms with van der Waals surface area (Å²) in [4.78, 5) is 25.6. The van der Waals surface area contributed by atoms with Gasteiger partial charge in [0.05, 0.1) is 5.56 Å². The number of aromatic carboxylic acids is 1. The zero-order valence-electron chi connectivity index (χ0n) is 14.9. The average molecular weight is 352 g/mol. The molecule has 1 saturated heterocycles. The fourth-order valence-electron chi connectivity index (χ4n) is 3.31. The molecule has 0 bridgehead atoms. The number of piperidine rings is 1. The smallest absolute Gasteiger partial charge is 0.335 e. The number of hydrogen-bond acceptors (Lipinski definition) is 3. The van der Waals surface area contributed by atoms with E-state index in [2.05, 4.69) is 12.2 Å². The van der Waals surface area contributed by atoms with Crippen LogP contribution in [0.25, 0.3) is 0 Å². The number of nitrogens with one attached hydrogen (secondary N) is 1. The Balaban J connectivity index is 1.62. The third-order valence-corrected chi connectivity index (χ3v) is 4.87. The van der Waals surface area contributed by atoms with Crippen LogP contribution in [-0.4, -0.2) is 34.5 Å². The third-order valence-electron chi connectivity index (χ3n) is 4.87. The maximum atomic E-state index is 12.7. The first-order valence-corrected chi connectivity index (χ1v) is 9.02. The van der Waals surface area contributed by atoms with Crippen molar-refractivity contribution in [3.05, 3.63) is 65.2 Å². The van der Waals surface area contributed by atoms with Crippen LogP contribution in [0.5, 0.6) is 0 Å². The molecule has 1 heterocycles. The van der Waals surface area contributed by atoms with Crippen molar-refractivity contribution < 1.29 is 14.7 Å². The number of rotatable bonds is 5. The molecule has 1 unspecified atom stereocenters. The molecule has 2 N–H and O–H groups in total. The van der Waals surface area contributed by atoms with Crippen molar-refractivity contribution in [2.75, 3.05) is 11.9 Å². The Morgan fingerprint density at radius 1 is 1.12 bits per heavy atom. The van der Waals surface area contributed by atoms with Gasteiger partial charge in [0, 0.05) is 30.4 Å². The standard InChI is InChI=1S/C21H24N2O3/c1-15-5-2-3-12-23(15)20(24)17-8-10-19(11-9-17)22-14-16-6-4-7-18(13-16)21(25)26/h4,6-11,13,15,22H,2-3,5,12,14H2,1H3,(H,25,26). The molecule has 5 nitrogen and oxygen atoms in total. The lowest BCUT2D eigenvalue weighted by Gasteiger charge is -2.33. The van der Waals surface area contributed by atoms with Crippen LogP contribution in [0.2, 0.25) is 0 Å². The van der Waals surface area contributed by atoms with Gasteiger partial charge in [-0.05, 0) is 68.1 Å². The van der Waals surface area contributed by atoms with Gasteiger partial charge in [-0.1, -0.05) is 12.1 Å². The summed E-state index contributed by atoms with van der Waals surface area (Å²) in [5.74, 6) is -0.834. The van der Waals surface area contributed by atoms with Crippen LogP contribution in [0.4, 0.5) is 5.69 Å². The van der Waals surface area contributed by atoms with Crippen molar-refractivity contribution in [3.8, 4) is 0 Å². The van der Waals surface area contributed by atoms with Gasteiger partial charge in [0.1, 0.15) is 0 Å². The van der Waals surface area contributed by atoms with Crippen molar-refractivity contribution in [2.45, 2.75) is 38.8 Å². The molecule has 3 rings (SSSR count). The molecule has 1 aliphatic heterocycles. The Morgan fingerprint density at radius 2 is 1.88 bits per heavy atom. The van der Waals surface area contributed by atoms with Crippen LogP contribution < -0.4 is 5.32 Å². The van der Waals surface area contributed by atoms with E-state index in [1.54, 1.807) is 18.2 Å². The number of carbonyl (C=O) groups excluding carboxylic acids is 1. The third kappa shape index (κ3) is 4.23. The van der Waals surface area contributed by atoms with Gasteiger partial charge in [-0.15, -0.1) is 0 Å². The Labute approximate surface area is 153 Å². The summed E-state index contributed by atoms with van der Waals surface area (Å²) in [6.45, 7) is 3.47. The van der Waals surface area contributed by atoms with Gasteiger partial charge in [-0.2, -0.15) is 0 Å². The van der Waals surface area contributed by atoms with Crippen LogP contribution >= 0.6 is 0 Å². The van der Waals surface area contributed by atoms with Gasteiger partial charge < -0.3 is 15.3 Å². The second kappa shape index (κ2) is 8.04. The molecular formula is C21H24N2O3. The number of benzene rings is 2. The Bertz CT molecular complexity index is 786. The quantitative estimate of drug-likeness (QED) is 0.853. The molecule has 1 aliphatic rings. The normalized spacial score (nSPS) is 17.0. The lowest BCUT2D eigenvalue weighted by atomic mass is 10.0. The van der Waals surface area contributed by atoms with E-state index in [-0.39, 0.29) is 11.5 Å². The molecule has 136 valence electrons. The van der Waals surface area contributed by atoms with Crippen molar-refractivity contribution in [3.63, 3.8) is 0 Å². The summed E-state index contributed by atoms with van der Waals surface area (Å²) in [7, 11) is 0. The van der Waals surface area contributed by atoms with Gasteiger partial charge in [0.2, 0.25) is 0 Å². The Morgan fingerprint density at radius 3 is 2.58 bits per heavy atom. The minimum Gasteiger partial charge on any atom is -0.478 e. The lowest BCUT2D eigenvalue weighted by molar-refractivity contribution is 0.0634. The average Bonchev–Trinajstić information content (AvgIpc) is 2.67. The zero-order chi connectivity index (χ0) is 18.5.